The van der Waals surface area contributed by atoms with Crippen molar-refractivity contribution >= 4 is 69.7 Å². The van der Waals surface area contributed by atoms with E-state index < -0.39 is 18.0 Å². The quantitative estimate of drug-likeness (QED) is 0.410. The minimum Gasteiger partial charge on any atom is -0.449 e. The number of nitrogens with two attached hydrogens (primary N) is 1. The largest absolute Gasteiger partial charge is 0.449 e. The summed E-state index contributed by atoms with van der Waals surface area (Å²) in [5.74, 6) is -1.35. The highest BCUT2D eigenvalue weighted by Gasteiger charge is 2.21. The van der Waals surface area contributed by atoms with Crippen LogP contribution in [0.1, 0.15) is 17.3 Å². The third-order valence-corrected chi connectivity index (χ3v) is 4.42. The molecule has 1 unspecified atom stereocenters. The van der Waals surface area contributed by atoms with Crippen molar-refractivity contribution in [2.75, 3.05) is 11.1 Å². The van der Waals surface area contributed by atoms with Gasteiger partial charge in [0.15, 0.2) is 6.10 Å². The molecule has 0 aliphatic heterocycles. The van der Waals surface area contributed by atoms with Gasteiger partial charge in [-0.15, -0.1) is 0 Å². The van der Waals surface area contributed by atoms with E-state index >= 15 is 0 Å². The number of carbonyl (C=O) groups excluding carboxylic acids is 2. The lowest BCUT2D eigenvalue weighted by Crippen LogP contribution is -2.30. The predicted octanol–water partition coefficient (Wildman–Crippen LogP) is 5.07. The molecule has 0 aromatic heterocycles. The van der Waals surface area contributed by atoms with E-state index in [1.807, 2.05) is 0 Å². The van der Waals surface area contributed by atoms with Crippen LogP contribution in [0.4, 0.5) is 11.4 Å². The second-order valence-electron chi connectivity index (χ2n) is 5.01. The summed E-state index contributed by atoms with van der Waals surface area (Å²) in [6.07, 6.45) is -1.10. The van der Waals surface area contributed by atoms with Crippen molar-refractivity contribution in [3.05, 3.63) is 56.0 Å². The fourth-order valence-corrected chi connectivity index (χ4v) is 2.62. The second-order valence-corrected chi connectivity index (χ2v) is 6.67. The van der Waals surface area contributed by atoms with Crippen LogP contribution in [-0.2, 0) is 9.53 Å². The van der Waals surface area contributed by atoms with Crippen molar-refractivity contribution in [3.8, 4) is 0 Å². The summed E-state index contributed by atoms with van der Waals surface area (Å²) >= 11 is 23.5. The Bertz CT molecular complexity index is 842. The summed E-state index contributed by atoms with van der Waals surface area (Å²) in [5.41, 5.74) is 6.22. The summed E-state index contributed by atoms with van der Waals surface area (Å²) in [5, 5.41) is 3.57. The maximum Gasteiger partial charge on any atom is 0.341 e. The Morgan fingerprint density at radius 3 is 2.32 bits per heavy atom. The minimum atomic E-state index is -1.10. The van der Waals surface area contributed by atoms with Gasteiger partial charge >= 0.3 is 5.97 Å². The second kappa shape index (κ2) is 8.15. The van der Waals surface area contributed by atoms with E-state index in [4.69, 9.17) is 56.9 Å². The predicted molar refractivity (Wildman–Crippen MR) is 101 cm³/mol. The average molecular weight is 422 g/mol. The maximum atomic E-state index is 12.2. The van der Waals surface area contributed by atoms with Crippen molar-refractivity contribution in [1.29, 1.82) is 0 Å². The summed E-state index contributed by atoms with van der Waals surface area (Å²) in [7, 11) is 0. The Labute approximate surface area is 163 Å². The van der Waals surface area contributed by atoms with Crippen molar-refractivity contribution < 1.29 is 14.3 Å². The normalized spacial score (nSPS) is 11.7. The number of halogens is 4. The topological polar surface area (TPSA) is 81.4 Å². The van der Waals surface area contributed by atoms with Gasteiger partial charge in [-0.3, -0.25) is 4.79 Å². The standard InChI is InChI=1S/C16H12Cl4N2O3/c1-7(25-16(24)9-3-2-8(17)4-13(9)21)15(23)22-14-6-11(19)10(18)5-12(14)20/h2-7H,21H2,1H3,(H,22,23). The molecule has 2 aromatic rings. The molecule has 0 saturated heterocycles. The number of rotatable bonds is 4. The van der Waals surface area contributed by atoms with Crippen molar-refractivity contribution in [3.63, 3.8) is 0 Å². The molecular weight excluding hydrogens is 410 g/mol. The fraction of sp³-hybridized carbons (Fsp3) is 0.125. The minimum absolute atomic E-state index is 0.108. The summed E-state index contributed by atoms with van der Waals surface area (Å²) in [4.78, 5) is 24.3. The molecule has 1 atom stereocenters. The zero-order valence-electron chi connectivity index (χ0n) is 12.8. The Morgan fingerprint density at radius 2 is 1.68 bits per heavy atom. The number of ether oxygens (including phenoxy) is 1. The van der Waals surface area contributed by atoms with Crippen LogP contribution in [-0.4, -0.2) is 18.0 Å². The van der Waals surface area contributed by atoms with Gasteiger partial charge in [0, 0.05) is 10.7 Å². The number of hydrogen-bond acceptors (Lipinski definition) is 4. The molecule has 0 saturated carbocycles. The number of benzene rings is 2. The van der Waals surface area contributed by atoms with Crippen LogP contribution >= 0.6 is 46.4 Å². The first kappa shape index (κ1) is 19.7. The summed E-state index contributed by atoms with van der Waals surface area (Å²) < 4.78 is 5.11. The van der Waals surface area contributed by atoms with Crippen LogP contribution in [0.2, 0.25) is 20.1 Å². The van der Waals surface area contributed by atoms with E-state index in [0.717, 1.165) is 0 Å². The van der Waals surface area contributed by atoms with Gasteiger partial charge in [-0.05, 0) is 37.3 Å². The van der Waals surface area contributed by atoms with Crippen LogP contribution in [0.15, 0.2) is 30.3 Å². The zero-order chi connectivity index (χ0) is 18.7. The van der Waals surface area contributed by atoms with Gasteiger partial charge in [0.2, 0.25) is 0 Å². The molecule has 0 spiro atoms. The first-order valence-corrected chi connectivity index (χ1v) is 8.41. The first-order valence-electron chi connectivity index (χ1n) is 6.90. The molecule has 0 heterocycles. The molecule has 0 aliphatic rings. The highest BCUT2D eigenvalue weighted by atomic mass is 35.5. The third-order valence-electron chi connectivity index (χ3n) is 3.15. The van der Waals surface area contributed by atoms with E-state index in [2.05, 4.69) is 5.32 Å². The van der Waals surface area contributed by atoms with Crippen LogP contribution in [0.5, 0.6) is 0 Å². The molecule has 0 bridgehead atoms. The molecule has 9 heteroatoms. The van der Waals surface area contributed by atoms with Crippen LogP contribution in [0.25, 0.3) is 0 Å². The molecule has 0 fully saturated rings. The Hall–Kier alpha value is -1.66. The monoisotopic (exact) mass is 420 g/mol. The highest BCUT2D eigenvalue weighted by molar-refractivity contribution is 6.44. The molecule has 25 heavy (non-hydrogen) atoms. The van der Waals surface area contributed by atoms with Crippen LogP contribution < -0.4 is 11.1 Å². The lowest BCUT2D eigenvalue weighted by molar-refractivity contribution is -0.123. The summed E-state index contributed by atoms with van der Waals surface area (Å²) in [6, 6.07) is 7.12. The molecule has 5 nitrogen and oxygen atoms in total. The van der Waals surface area contributed by atoms with Gasteiger partial charge in [-0.2, -0.15) is 0 Å². The van der Waals surface area contributed by atoms with E-state index in [9.17, 15) is 9.59 Å². The molecule has 0 aliphatic carbocycles. The number of carbonyl (C=O) groups is 2. The van der Waals surface area contributed by atoms with E-state index in [1.165, 1.54) is 37.3 Å². The molecule has 132 valence electrons. The molecule has 1 amide bonds. The molecular formula is C16H12Cl4N2O3. The van der Waals surface area contributed by atoms with Crippen molar-refractivity contribution in [1.82, 2.24) is 0 Å². The third kappa shape index (κ3) is 4.92. The van der Waals surface area contributed by atoms with E-state index in [1.54, 1.807) is 0 Å². The Balaban J connectivity index is 2.07. The van der Waals surface area contributed by atoms with E-state index in [-0.39, 0.29) is 32.0 Å². The smallest absolute Gasteiger partial charge is 0.341 e. The van der Waals surface area contributed by atoms with Gasteiger partial charge in [0.25, 0.3) is 5.91 Å². The fourth-order valence-electron chi connectivity index (χ4n) is 1.85. The van der Waals surface area contributed by atoms with Crippen molar-refractivity contribution in [2.24, 2.45) is 0 Å². The lowest BCUT2D eigenvalue weighted by Gasteiger charge is -2.15. The number of hydrogen-bond donors (Lipinski definition) is 2. The molecule has 2 aromatic carbocycles. The van der Waals surface area contributed by atoms with Gasteiger partial charge in [0.1, 0.15) is 0 Å². The number of anilines is 2. The van der Waals surface area contributed by atoms with E-state index in [0.29, 0.717) is 5.02 Å². The summed E-state index contributed by atoms with van der Waals surface area (Å²) in [6.45, 7) is 1.41. The van der Waals surface area contributed by atoms with Gasteiger partial charge in [0.05, 0.1) is 26.3 Å². The SMILES string of the molecule is CC(OC(=O)c1ccc(Cl)cc1N)C(=O)Nc1cc(Cl)c(Cl)cc1Cl. The zero-order valence-corrected chi connectivity index (χ0v) is 15.8. The number of nitrogen functional groups attached to an aromatic ring is 1. The van der Waals surface area contributed by atoms with Crippen molar-refractivity contribution in [2.45, 2.75) is 13.0 Å². The maximum absolute atomic E-state index is 12.2. The Morgan fingerprint density at radius 1 is 1.04 bits per heavy atom. The number of nitrogens with one attached hydrogen (secondary N) is 1. The number of esters is 1. The average Bonchev–Trinajstić information content (AvgIpc) is 2.52. The van der Waals surface area contributed by atoms with Crippen LogP contribution in [0, 0.1) is 0 Å². The highest BCUT2D eigenvalue weighted by Crippen LogP contribution is 2.32. The van der Waals surface area contributed by atoms with Crippen LogP contribution in [0.3, 0.4) is 0 Å². The van der Waals surface area contributed by atoms with Gasteiger partial charge in [-0.25, -0.2) is 4.79 Å². The first-order chi connectivity index (χ1) is 11.7. The molecule has 2 rings (SSSR count). The molecule has 3 N–H and O–H groups in total. The molecule has 0 radical (unpaired) electrons. The number of amides is 1. The lowest BCUT2D eigenvalue weighted by atomic mass is 10.2. The van der Waals surface area contributed by atoms with Gasteiger partial charge < -0.3 is 15.8 Å². The van der Waals surface area contributed by atoms with Gasteiger partial charge in [-0.1, -0.05) is 46.4 Å². The Kier molecular flexibility index (Phi) is 6.41.